The first kappa shape index (κ1) is 41.4. The summed E-state index contributed by atoms with van der Waals surface area (Å²) in [6.45, 7) is 14.0. The van der Waals surface area contributed by atoms with Crippen LogP contribution >= 0.6 is 15.9 Å². The number of phenolic OH excluding ortho intramolecular Hbond substituents is 2. The Morgan fingerprint density at radius 3 is 1.11 bits per heavy atom. The summed E-state index contributed by atoms with van der Waals surface area (Å²) in [4.78, 5) is 0. The minimum absolute atomic E-state index is 0.0196. The standard InChI is InChI=1S/C56H60O2S2.Ti/c1-55(2,3)37-29-35(53(57)47(31-37)51-43-23-15-11-19-39(43)40-20-12-16-24-44(40)51)33-59-49-27-9-7-8-10-28-50(49)60-34-36-30-38(56(4,5)6)32-48(54(36)58)52-45-25-17-13-21-41(45)42-22-14-18-26-46(42)52;/h11-26,29-32,49-52,57-58H,7-10,27-28,33-34H2,1-6H3;/t49-,50?;/m0./s1. The molecule has 6 aromatic rings. The number of benzene rings is 6. The second-order valence-electron chi connectivity index (χ2n) is 20.2. The molecular formula is C56H60O2S2Ti. The Bertz CT molecular complexity index is 2500. The van der Waals surface area contributed by atoms with E-state index in [1.807, 2.05) is 0 Å². The van der Waals surface area contributed by atoms with Crippen molar-refractivity contribution in [1.82, 2.24) is 0 Å². The molecule has 2 N–H and O–H groups in total. The molecule has 1 heterocycles. The van der Waals surface area contributed by atoms with E-state index in [4.69, 9.17) is 0 Å². The Morgan fingerprint density at radius 2 is 0.787 bits per heavy atom. The zero-order valence-electron chi connectivity index (χ0n) is 36.7. The van der Waals surface area contributed by atoms with Gasteiger partial charge in [0.2, 0.25) is 0 Å². The third kappa shape index (κ3) is 7.46. The third-order valence-corrected chi connectivity index (χ3v) is 30.1. The van der Waals surface area contributed by atoms with Crippen LogP contribution in [0.15, 0.2) is 121 Å². The molecule has 1 fully saturated rings. The molecule has 61 heavy (non-hydrogen) atoms. The molecule has 10 rings (SSSR count). The van der Waals surface area contributed by atoms with Crippen molar-refractivity contribution in [3.63, 3.8) is 0 Å². The molecule has 3 unspecified atom stereocenters. The average molecular weight is 877 g/mol. The fourth-order valence-corrected chi connectivity index (χ4v) is 31.7. The summed E-state index contributed by atoms with van der Waals surface area (Å²) in [6.07, 6.45) is 7.94. The molecule has 4 aliphatic rings. The number of aromatic hydroxyl groups is 2. The first-order valence-corrected chi connectivity index (χ1v) is 29.4. The van der Waals surface area contributed by atoms with Crippen molar-refractivity contribution in [3.8, 4) is 33.8 Å². The summed E-state index contributed by atoms with van der Waals surface area (Å²) in [5.74, 6) is 3.05. The Labute approximate surface area is 374 Å². The molecule has 0 radical (unpaired) electrons. The van der Waals surface area contributed by atoms with Crippen LogP contribution in [-0.2, 0) is 37.8 Å². The van der Waals surface area contributed by atoms with Gasteiger partial charge in [-0.15, -0.1) is 0 Å². The molecule has 6 aromatic carbocycles. The van der Waals surface area contributed by atoms with E-state index in [9.17, 15) is 10.2 Å². The van der Waals surface area contributed by atoms with Gasteiger partial charge in [0.25, 0.3) is 0 Å². The van der Waals surface area contributed by atoms with Crippen LogP contribution in [0.1, 0.15) is 148 Å². The summed E-state index contributed by atoms with van der Waals surface area (Å²) >= 11 is -0.390. The van der Waals surface area contributed by atoms with Crippen molar-refractivity contribution < 1.29 is 25.7 Å². The first-order valence-electron chi connectivity index (χ1n) is 22.6. The predicted molar refractivity (Wildman–Crippen MR) is 257 cm³/mol. The zero-order chi connectivity index (χ0) is 42.2. The van der Waals surface area contributed by atoms with Gasteiger partial charge in [-0.2, -0.15) is 0 Å². The molecule has 0 aromatic heterocycles. The van der Waals surface area contributed by atoms with Gasteiger partial charge < -0.3 is 0 Å². The number of hydrogen-bond acceptors (Lipinski definition) is 2. The van der Waals surface area contributed by atoms with Crippen LogP contribution in [0.4, 0.5) is 0 Å². The zero-order valence-corrected chi connectivity index (χ0v) is 39.9. The predicted octanol–water partition coefficient (Wildman–Crippen LogP) is 15.3. The van der Waals surface area contributed by atoms with Gasteiger partial charge in [-0.1, -0.05) is 0 Å². The first-order chi connectivity index (χ1) is 29.4. The van der Waals surface area contributed by atoms with E-state index < -0.39 is 15.5 Å². The van der Waals surface area contributed by atoms with Gasteiger partial charge in [0.15, 0.2) is 0 Å². The van der Waals surface area contributed by atoms with E-state index in [0.717, 1.165) is 22.6 Å². The number of fused-ring (bicyclic) bond motifs is 7. The molecule has 3 aliphatic carbocycles. The van der Waals surface area contributed by atoms with Crippen molar-refractivity contribution in [2.45, 2.75) is 125 Å². The molecule has 0 saturated heterocycles. The molecule has 0 spiro atoms. The summed E-state index contributed by atoms with van der Waals surface area (Å²) < 4.78 is 0. The fraction of sp³-hybridized carbons (Fsp3) is 0.357. The molecule has 2 nitrogen and oxygen atoms in total. The van der Waals surface area contributed by atoms with Crippen LogP contribution in [0.2, 0.25) is 0 Å². The third-order valence-electron chi connectivity index (χ3n) is 14.2. The van der Waals surface area contributed by atoms with E-state index in [0.29, 0.717) is 22.0 Å². The Hall–Kier alpha value is -3.67. The van der Waals surface area contributed by atoms with E-state index in [1.54, 1.807) is 0 Å². The van der Waals surface area contributed by atoms with Crippen LogP contribution < -0.4 is 0 Å². The van der Waals surface area contributed by atoms with Crippen LogP contribution in [0.3, 0.4) is 0 Å². The van der Waals surface area contributed by atoms with Gasteiger partial charge in [0.05, 0.1) is 0 Å². The molecule has 0 amide bonds. The monoisotopic (exact) mass is 876 g/mol. The van der Waals surface area contributed by atoms with Crippen molar-refractivity contribution >= 4 is 15.9 Å². The molecule has 312 valence electrons. The van der Waals surface area contributed by atoms with Crippen LogP contribution in [0.5, 0.6) is 11.5 Å². The van der Waals surface area contributed by atoms with Crippen molar-refractivity contribution in [1.29, 1.82) is 0 Å². The van der Waals surface area contributed by atoms with Crippen LogP contribution in [0, 0.1) is 0 Å². The topological polar surface area (TPSA) is 40.5 Å². The van der Waals surface area contributed by atoms with Crippen LogP contribution in [-0.4, -0.2) is 20.7 Å². The number of hydrogen-bond donors (Lipinski definition) is 2. The quantitative estimate of drug-likeness (QED) is 0.163. The molecular weight excluding hydrogens is 817 g/mol. The van der Waals surface area contributed by atoms with Crippen molar-refractivity contribution in [3.05, 3.63) is 177 Å². The van der Waals surface area contributed by atoms with Crippen LogP contribution in [0.25, 0.3) is 22.3 Å². The fourth-order valence-electron chi connectivity index (χ4n) is 10.9. The Kier molecular flexibility index (Phi) is 11.0. The van der Waals surface area contributed by atoms with Gasteiger partial charge in [0, 0.05) is 0 Å². The summed E-state index contributed by atoms with van der Waals surface area (Å²) in [6, 6.07) is 44.8. The second kappa shape index (κ2) is 16.2. The molecule has 1 saturated carbocycles. The summed E-state index contributed by atoms with van der Waals surface area (Å²) in [5, 5.41) is 26.7. The molecule has 1 aliphatic heterocycles. The summed E-state index contributed by atoms with van der Waals surface area (Å²) in [7, 11) is 0.474. The van der Waals surface area contributed by atoms with E-state index in [1.165, 1.54) is 105 Å². The molecule has 0 bridgehead atoms. The summed E-state index contributed by atoms with van der Waals surface area (Å²) in [5.41, 5.74) is 17.4. The SMILES string of the molecule is CC(C)(C)c1cc(C[S]2=[Ti]=[S](Cc3cc(C(C)(C)C)cc(C4c5ccccc5-c5ccccc54)c3O)[C@H]3CCCCCCC32)c(O)c(C2c3ccccc3-c3ccccc32)c1. The molecule has 5 heteroatoms. The van der Waals surface area contributed by atoms with Gasteiger partial charge in [-0.25, -0.2) is 0 Å². The second-order valence-corrected chi connectivity index (χ2v) is 31.6. The molecule has 4 atom stereocenters. The van der Waals surface area contributed by atoms with Gasteiger partial charge in [0.1, 0.15) is 0 Å². The maximum absolute atomic E-state index is 12.7. The average Bonchev–Trinajstić information content (AvgIpc) is 3.85. The minimum atomic E-state index is -0.390. The van der Waals surface area contributed by atoms with Crippen molar-refractivity contribution in [2.24, 2.45) is 0 Å². The normalized spacial score (nSPS) is 21.0. The van der Waals surface area contributed by atoms with E-state index in [-0.39, 0.29) is 38.6 Å². The van der Waals surface area contributed by atoms with Gasteiger partial charge in [-0.05, 0) is 0 Å². The Balaban J connectivity index is 1.10. The van der Waals surface area contributed by atoms with E-state index >= 15 is 0 Å². The van der Waals surface area contributed by atoms with Gasteiger partial charge in [-0.3, -0.25) is 0 Å². The number of rotatable bonds is 6. The van der Waals surface area contributed by atoms with E-state index in [2.05, 4.69) is 163 Å². The maximum atomic E-state index is 12.7. The number of phenols is 2. The van der Waals surface area contributed by atoms with Gasteiger partial charge >= 0.3 is 377 Å². The van der Waals surface area contributed by atoms with Crippen molar-refractivity contribution in [2.75, 3.05) is 0 Å². The Morgan fingerprint density at radius 1 is 0.459 bits per heavy atom.